The van der Waals surface area contributed by atoms with Gasteiger partial charge < -0.3 is 24.8 Å². The normalized spacial score (nSPS) is 13.7. The molecule has 0 aliphatic heterocycles. The summed E-state index contributed by atoms with van der Waals surface area (Å²) in [6.07, 6.45) is 3.20. The van der Waals surface area contributed by atoms with Crippen molar-refractivity contribution >= 4 is 81.4 Å². The van der Waals surface area contributed by atoms with Gasteiger partial charge in [0.2, 0.25) is 0 Å². The molecule has 2 amide bonds. The molecule has 0 heterocycles. The zero-order valence-corrected chi connectivity index (χ0v) is 24.7. The number of nitrogens with one attached hydrogen (secondary N) is 2. The first-order valence-electron chi connectivity index (χ1n) is 11.1. The molecule has 13 heteroatoms. The molecule has 0 unspecified atom stereocenters. The molecule has 0 aliphatic rings. The summed E-state index contributed by atoms with van der Waals surface area (Å²) in [6, 6.07) is 14.9. The maximum absolute atomic E-state index is 12.5. The van der Waals surface area contributed by atoms with Gasteiger partial charge in [0.1, 0.15) is 5.75 Å². The van der Waals surface area contributed by atoms with E-state index >= 15 is 0 Å². The monoisotopic (exact) mass is 644 g/mol. The van der Waals surface area contributed by atoms with Crippen LogP contribution in [0.25, 0.3) is 0 Å². The molecule has 0 aliphatic carbocycles. The predicted octanol–water partition coefficient (Wildman–Crippen LogP) is 5.69. The first kappa shape index (κ1) is 32.8. The third-order valence-electron chi connectivity index (χ3n) is 4.96. The maximum atomic E-state index is 12.5. The van der Waals surface area contributed by atoms with Gasteiger partial charge in [0, 0.05) is 0 Å². The van der Waals surface area contributed by atoms with Gasteiger partial charge in [-0.25, -0.2) is 0 Å². The van der Waals surface area contributed by atoms with Crippen molar-refractivity contribution in [3.05, 3.63) is 77.9 Å². The number of carbonyl (C=O) groups is 2. The van der Waals surface area contributed by atoms with Gasteiger partial charge in [0.05, 0.1) is 45.6 Å². The van der Waals surface area contributed by atoms with Crippen LogP contribution in [0.2, 0.25) is 0 Å². The third-order valence-corrected chi connectivity index (χ3v) is 5.99. The lowest BCUT2D eigenvalue weighted by Crippen LogP contribution is -2.56. The number of ether oxygens (including phenoxy) is 3. The highest BCUT2D eigenvalue weighted by molar-refractivity contribution is 6.76. The summed E-state index contributed by atoms with van der Waals surface area (Å²) in [4.78, 5) is 24.9. The van der Waals surface area contributed by atoms with Gasteiger partial charge >= 0.3 is 0 Å². The topological polar surface area (TPSA) is 85.9 Å². The molecule has 2 atom stereocenters. The largest absolute Gasteiger partial charge is 0.497 e. The number of hydrogen-bond donors (Lipinski definition) is 2. The number of benzene rings is 2. The number of methoxy groups -OCH3 is 1. The van der Waals surface area contributed by atoms with Gasteiger partial charge in [-0.2, -0.15) is 0 Å². The van der Waals surface area contributed by atoms with E-state index in [0.717, 1.165) is 16.9 Å². The van der Waals surface area contributed by atoms with E-state index in [1.54, 1.807) is 19.3 Å². The third kappa shape index (κ3) is 12.2. The van der Waals surface area contributed by atoms with Gasteiger partial charge in [-0.15, -0.1) is 0 Å². The second-order valence-corrected chi connectivity index (χ2v) is 12.4. The lowest BCUT2D eigenvalue weighted by Gasteiger charge is -2.29. The SMILES string of the molecule is COc1ccc(COC/C=C/[C@@H](NC(=O)C(Cl)(Cl)Cl)[C@@H](COCc2ccccc2)NC(=O)C(Cl)(Cl)Cl)cc1. The molecule has 0 radical (unpaired) electrons. The highest BCUT2D eigenvalue weighted by atomic mass is 35.6. The standard InChI is InChI=1S/C25H26Cl6N2O5/c1-36-19-11-9-18(10-12-19)14-37-13-5-8-20(32-22(34)24(26,27)28)21(33-23(35)25(29,30)31)16-38-15-17-6-3-2-4-7-17/h2-12,20-21H,13-16H2,1H3,(H,32,34)(H,33,35)/b8-5+/t20-,21-/m1/s1. The second-order valence-electron chi connectivity index (χ2n) is 7.87. The van der Waals surface area contributed by atoms with Crippen LogP contribution in [0.4, 0.5) is 0 Å². The van der Waals surface area contributed by atoms with Crippen LogP contribution in [0.3, 0.4) is 0 Å². The van der Waals surface area contributed by atoms with Gasteiger partial charge in [0.25, 0.3) is 19.4 Å². The number of alkyl halides is 6. The zero-order chi connectivity index (χ0) is 28.2. The molecule has 0 fully saturated rings. The molecule has 2 N–H and O–H groups in total. The Morgan fingerprint density at radius 2 is 1.37 bits per heavy atom. The molecular weight excluding hydrogens is 621 g/mol. The summed E-state index contributed by atoms with van der Waals surface area (Å²) < 4.78 is 12.1. The lowest BCUT2D eigenvalue weighted by molar-refractivity contribution is -0.123. The van der Waals surface area contributed by atoms with Crippen molar-refractivity contribution in [3.63, 3.8) is 0 Å². The average molecular weight is 647 g/mol. The summed E-state index contributed by atoms with van der Waals surface area (Å²) >= 11 is 34.5. The van der Waals surface area contributed by atoms with Crippen molar-refractivity contribution in [2.75, 3.05) is 20.3 Å². The quantitative estimate of drug-likeness (QED) is 0.166. The average Bonchev–Trinajstić information content (AvgIpc) is 2.87. The molecule has 0 saturated carbocycles. The van der Waals surface area contributed by atoms with E-state index in [0.29, 0.717) is 6.61 Å². The van der Waals surface area contributed by atoms with Crippen molar-refractivity contribution in [3.8, 4) is 5.75 Å². The minimum atomic E-state index is -2.26. The van der Waals surface area contributed by atoms with Crippen LogP contribution in [-0.2, 0) is 32.3 Å². The van der Waals surface area contributed by atoms with Crippen molar-refractivity contribution < 1.29 is 23.8 Å². The summed E-state index contributed by atoms with van der Waals surface area (Å²) in [5.41, 5.74) is 1.82. The number of rotatable bonds is 13. The molecule has 2 aromatic carbocycles. The lowest BCUT2D eigenvalue weighted by atomic mass is 10.1. The van der Waals surface area contributed by atoms with E-state index in [2.05, 4.69) is 10.6 Å². The van der Waals surface area contributed by atoms with Crippen LogP contribution in [0.5, 0.6) is 5.75 Å². The predicted molar refractivity (Wildman–Crippen MR) is 152 cm³/mol. The van der Waals surface area contributed by atoms with Gasteiger partial charge in [-0.05, 0) is 23.3 Å². The van der Waals surface area contributed by atoms with E-state index in [1.165, 1.54) is 0 Å². The molecule has 0 bridgehead atoms. The Balaban J connectivity index is 2.13. The summed E-state index contributed by atoms with van der Waals surface area (Å²) in [5.74, 6) is -1.11. The summed E-state index contributed by atoms with van der Waals surface area (Å²) in [6.45, 7) is 0.638. The van der Waals surface area contributed by atoms with Crippen LogP contribution in [0.15, 0.2) is 66.7 Å². The highest BCUT2D eigenvalue weighted by Gasteiger charge is 2.37. The Hall–Kier alpha value is -1.42. The molecule has 208 valence electrons. The molecule has 0 saturated heterocycles. The van der Waals surface area contributed by atoms with E-state index in [9.17, 15) is 9.59 Å². The van der Waals surface area contributed by atoms with E-state index in [-0.39, 0.29) is 19.8 Å². The molecule has 2 rings (SSSR count). The fourth-order valence-electron chi connectivity index (χ4n) is 3.05. The molecule has 2 aromatic rings. The number of hydrogen-bond acceptors (Lipinski definition) is 5. The van der Waals surface area contributed by atoms with Crippen LogP contribution < -0.4 is 15.4 Å². The van der Waals surface area contributed by atoms with E-state index in [4.69, 9.17) is 83.8 Å². The van der Waals surface area contributed by atoms with Gasteiger partial charge in [-0.1, -0.05) is 124 Å². The van der Waals surface area contributed by atoms with E-state index < -0.39 is 31.5 Å². The Morgan fingerprint density at radius 3 is 1.95 bits per heavy atom. The minimum Gasteiger partial charge on any atom is -0.497 e. The second kappa shape index (κ2) is 16.0. The van der Waals surface area contributed by atoms with Crippen molar-refractivity contribution in [2.24, 2.45) is 0 Å². The molecule has 0 spiro atoms. The molecular formula is C25H26Cl6N2O5. The maximum Gasteiger partial charge on any atom is 0.272 e. The zero-order valence-electron chi connectivity index (χ0n) is 20.1. The van der Waals surface area contributed by atoms with Crippen molar-refractivity contribution in [1.29, 1.82) is 0 Å². The molecule has 0 aromatic heterocycles. The van der Waals surface area contributed by atoms with Crippen LogP contribution in [-0.4, -0.2) is 51.8 Å². The van der Waals surface area contributed by atoms with E-state index in [1.807, 2.05) is 54.6 Å². The van der Waals surface area contributed by atoms with Crippen molar-refractivity contribution in [2.45, 2.75) is 32.9 Å². The fraction of sp³-hybridized carbons (Fsp3) is 0.360. The molecule has 38 heavy (non-hydrogen) atoms. The number of carbonyl (C=O) groups excluding carboxylic acids is 2. The van der Waals surface area contributed by atoms with Crippen LogP contribution >= 0.6 is 69.6 Å². The Morgan fingerprint density at radius 1 is 0.816 bits per heavy atom. The first-order chi connectivity index (χ1) is 17.9. The van der Waals surface area contributed by atoms with Gasteiger partial charge in [0.15, 0.2) is 0 Å². The van der Waals surface area contributed by atoms with Crippen molar-refractivity contribution in [1.82, 2.24) is 10.6 Å². The number of halogens is 6. The number of amides is 2. The Bertz CT molecular complexity index is 1040. The smallest absolute Gasteiger partial charge is 0.272 e. The summed E-state index contributed by atoms with van der Waals surface area (Å²) in [5, 5.41) is 5.14. The Kier molecular flexibility index (Phi) is 13.8. The highest BCUT2D eigenvalue weighted by Crippen LogP contribution is 2.27. The fourth-order valence-corrected chi connectivity index (χ4v) is 3.38. The minimum absolute atomic E-state index is 0.0801. The summed E-state index contributed by atoms with van der Waals surface area (Å²) in [7, 11) is 1.59. The van der Waals surface area contributed by atoms with Crippen LogP contribution in [0, 0.1) is 0 Å². The molecule has 7 nitrogen and oxygen atoms in total. The first-order valence-corrected chi connectivity index (χ1v) is 13.4. The van der Waals surface area contributed by atoms with Gasteiger partial charge in [-0.3, -0.25) is 9.59 Å². The Labute approximate surface area is 251 Å². The van der Waals surface area contributed by atoms with Crippen LogP contribution in [0.1, 0.15) is 11.1 Å².